The van der Waals surface area contributed by atoms with Gasteiger partial charge in [0, 0.05) is 24.5 Å². The zero-order chi connectivity index (χ0) is 19.7. The van der Waals surface area contributed by atoms with Crippen molar-refractivity contribution in [2.45, 2.75) is 30.8 Å². The lowest BCUT2D eigenvalue weighted by Gasteiger charge is -2.32. The van der Waals surface area contributed by atoms with Gasteiger partial charge < -0.3 is 4.90 Å². The van der Waals surface area contributed by atoms with Crippen molar-refractivity contribution in [1.82, 2.24) is 0 Å². The maximum atomic E-state index is 12.8. The topological polar surface area (TPSA) is 49.4 Å². The van der Waals surface area contributed by atoms with Gasteiger partial charge in [-0.3, -0.25) is 4.72 Å². The number of benzene rings is 2. The lowest BCUT2D eigenvalue weighted by molar-refractivity contribution is -0.137. The van der Waals surface area contributed by atoms with Crippen LogP contribution in [0, 0.1) is 5.92 Å². The average molecular weight is 398 g/mol. The quantitative estimate of drug-likeness (QED) is 0.809. The van der Waals surface area contributed by atoms with Gasteiger partial charge >= 0.3 is 6.18 Å². The third-order valence-corrected chi connectivity index (χ3v) is 6.12. The zero-order valence-corrected chi connectivity index (χ0v) is 15.6. The number of alkyl halides is 3. The highest BCUT2D eigenvalue weighted by Crippen LogP contribution is 2.31. The van der Waals surface area contributed by atoms with Crippen molar-refractivity contribution in [1.29, 1.82) is 0 Å². The molecule has 2 aromatic carbocycles. The minimum absolute atomic E-state index is 0.307. The standard InChI is InChI=1S/C19H21F3N2O2S/c1-14-9-11-24(12-10-14)17-7-5-16(6-8-17)23-27(25,26)18-4-2-3-15(13-18)19(20,21)22/h2-8,13-14,23H,9-12H2,1H3. The van der Waals surface area contributed by atoms with E-state index in [2.05, 4.69) is 16.5 Å². The van der Waals surface area contributed by atoms with Crippen molar-refractivity contribution in [2.24, 2.45) is 5.92 Å². The third-order valence-electron chi connectivity index (χ3n) is 4.74. The Labute approximate surface area is 157 Å². The number of piperidine rings is 1. The number of nitrogens with zero attached hydrogens (tertiary/aromatic N) is 1. The highest BCUT2D eigenvalue weighted by molar-refractivity contribution is 7.92. The highest BCUT2D eigenvalue weighted by Gasteiger charge is 2.31. The minimum atomic E-state index is -4.60. The molecular formula is C19H21F3N2O2S. The van der Waals surface area contributed by atoms with Crippen molar-refractivity contribution in [3.05, 3.63) is 54.1 Å². The SMILES string of the molecule is CC1CCN(c2ccc(NS(=O)(=O)c3cccc(C(F)(F)F)c3)cc2)CC1. The maximum absolute atomic E-state index is 12.8. The number of sulfonamides is 1. The van der Waals surface area contributed by atoms with Crippen LogP contribution in [-0.2, 0) is 16.2 Å². The molecule has 0 amide bonds. The van der Waals surface area contributed by atoms with Gasteiger partial charge in [0.25, 0.3) is 10.0 Å². The summed E-state index contributed by atoms with van der Waals surface area (Å²) in [6.07, 6.45) is -2.37. The molecule has 0 unspecified atom stereocenters. The second kappa shape index (κ2) is 7.42. The number of hydrogen-bond donors (Lipinski definition) is 1. The summed E-state index contributed by atoms with van der Waals surface area (Å²) in [6.45, 7) is 4.13. The summed E-state index contributed by atoms with van der Waals surface area (Å²) in [7, 11) is -4.10. The molecule has 146 valence electrons. The summed E-state index contributed by atoms with van der Waals surface area (Å²) in [6, 6.07) is 10.6. The smallest absolute Gasteiger partial charge is 0.372 e. The number of anilines is 2. The van der Waals surface area contributed by atoms with Crippen LogP contribution >= 0.6 is 0 Å². The van der Waals surface area contributed by atoms with Crippen molar-refractivity contribution >= 4 is 21.4 Å². The minimum Gasteiger partial charge on any atom is -0.372 e. The average Bonchev–Trinajstić information content (AvgIpc) is 2.62. The Hall–Kier alpha value is -2.22. The van der Waals surface area contributed by atoms with Gasteiger partial charge in [0.2, 0.25) is 0 Å². The molecule has 0 atom stereocenters. The van der Waals surface area contributed by atoms with E-state index in [4.69, 9.17) is 0 Å². The summed E-state index contributed by atoms with van der Waals surface area (Å²) in [5, 5.41) is 0. The summed E-state index contributed by atoms with van der Waals surface area (Å²) in [4.78, 5) is 1.82. The molecule has 1 N–H and O–H groups in total. The molecule has 2 aromatic rings. The van der Waals surface area contributed by atoms with Gasteiger partial charge in [-0.1, -0.05) is 13.0 Å². The number of nitrogens with one attached hydrogen (secondary N) is 1. The van der Waals surface area contributed by atoms with E-state index in [0.717, 1.165) is 49.8 Å². The molecular weight excluding hydrogens is 377 g/mol. The Morgan fingerprint density at radius 3 is 2.26 bits per heavy atom. The Morgan fingerprint density at radius 2 is 1.67 bits per heavy atom. The van der Waals surface area contributed by atoms with Gasteiger partial charge in [0.15, 0.2) is 0 Å². The summed E-state index contributed by atoms with van der Waals surface area (Å²) >= 11 is 0. The summed E-state index contributed by atoms with van der Waals surface area (Å²) < 4.78 is 65.6. The van der Waals surface area contributed by atoms with Gasteiger partial charge in [-0.05, 0) is 61.2 Å². The highest BCUT2D eigenvalue weighted by atomic mass is 32.2. The Morgan fingerprint density at radius 1 is 1.04 bits per heavy atom. The molecule has 0 aliphatic carbocycles. The van der Waals surface area contributed by atoms with Crippen LogP contribution in [0.5, 0.6) is 0 Å². The number of halogens is 3. The first-order valence-electron chi connectivity index (χ1n) is 8.70. The van der Waals surface area contributed by atoms with E-state index in [1.165, 1.54) is 0 Å². The predicted octanol–water partition coefficient (Wildman–Crippen LogP) is 4.74. The van der Waals surface area contributed by atoms with Crippen LogP contribution < -0.4 is 9.62 Å². The zero-order valence-electron chi connectivity index (χ0n) is 14.8. The van der Waals surface area contributed by atoms with Gasteiger partial charge in [0.1, 0.15) is 0 Å². The first-order valence-corrected chi connectivity index (χ1v) is 10.2. The van der Waals surface area contributed by atoms with E-state index < -0.39 is 26.7 Å². The second-order valence-corrected chi connectivity index (χ2v) is 8.53. The van der Waals surface area contributed by atoms with Crippen molar-refractivity contribution < 1.29 is 21.6 Å². The molecule has 1 heterocycles. The Bertz CT molecular complexity index is 888. The fraction of sp³-hybridized carbons (Fsp3) is 0.368. The van der Waals surface area contributed by atoms with Crippen LogP contribution in [0.25, 0.3) is 0 Å². The van der Waals surface area contributed by atoms with Crippen molar-refractivity contribution in [2.75, 3.05) is 22.7 Å². The first-order chi connectivity index (χ1) is 12.6. The molecule has 8 heteroatoms. The van der Waals surface area contributed by atoms with Crippen LogP contribution in [0.1, 0.15) is 25.3 Å². The van der Waals surface area contributed by atoms with Gasteiger partial charge in [-0.15, -0.1) is 0 Å². The fourth-order valence-electron chi connectivity index (χ4n) is 3.06. The monoisotopic (exact) mass is 398 g/mol. The maximum Gasteiger partial charge on any atom is 0.416 e. The molecule has 3 rings (SSSR count). The van der Waals surface area contributed by atoms with E-state index in [9.17, 15) is 21.6 Å². The van der Waals surface area contributed by atoms with Gasteiger partial charge in [0.05, 0.1) is 10.5 Å². The fourth-order valence-corrected chi connectivity index (χ4v) is 4.16. The summed E-state index contributed by atoms with van der Waals surface area (Å²) in [5.74, 6) is 0.708. The van der Waals surface area contributed by atoms with E-state index in [0.29, 0.717) is 17.7 Å². The van der Waals surface area contributed by atoms with Crippen LogP contribution in [0.4, 0.5) is 24.5 Å². The number of rotatable bonds is 4. The molecule has 1 aliphatic rings. The van der Waals surface area contributed by atoms with E-state index in [-0.39, 0.29) is 0 Å². The molecule has 1 aliphatic heterocycles. The normalized spacial score (nSPS) is 16.4. The molecule has 1 saturated heterocycles. The number of hydrogen-bond acceptors (Lipinski definition) is 3. The molecule has 0 bridgehead atoms. The molecule has 27 heavy (non-hydrogen) atoms. The molecule has 0 spiro atoms. The van der Waals surface area contributed by atoms with Crippen LogP contribution in [0.15, 0.2) is 53.4 Å². The van der Waals surface area contributed by atoms with Crippen LogP contribution in [0.3, 0.4) is 0 Å². The van der Waals surface area contributed by atoms with Crippen molar-refractivity contribution in [3.63, 3.8) is 0 Å². The van der Waals surface area contributed by atoms with Gasteiger partial charge in [-0.25, -0.2) is 8.42 Å². The predicted molar refractivity (Wildman–Crippen MR) is 99.3 cm³/mol. The molecule has 0 aromatic heterocycles. The van der Waals surface area contributed by atoms with Gasteiger partial charge in [-0.2, -0.15) is 13.2 Å². The molecule has 1 fully saturated rings. The third kappa shape index (κ3) is 4.74. The molecule has 0 radical (unpaired) electrons. The Kier molecular flexibility index (Phi) is 5.37. The first kappa shape index (κ1) is 19.5. The van der Waals surface area contributed by atoms with E-state index >= 15 is 0 Å². The van der Waals surface area contributed by atoms with Crippen LogP contribution in [0.2, 0.25) is 0 Å². The largest absolute Gasteiger partial charge is 0.416 e. The lowest BCUT2D eigenvalue weighted by Crippen LogP contribution is -2.32. The lowest BCUT2D eigenvalue weighted by atomic mass is 9.99. The van der Waals surface area contributed by atoms with E-state index in [1.807, 2.05) is 12.1 Å². The van der Waals surface area contributed by atoms with Crippen LogP contribution in [-0.4, -0.2) is 21.5 Å². The van der Waals surface area contributed by atoms with E-state index in [1.54, 1.807) is 12.1 Å². The molecule has 0 saturated carbocycles. The van der Waals surface area contributed by atoms with Crippen molar-refractivity contribution in [3.8, 4) is 0 Å². The second-order valence-electron chi connectivity index (χ2n) is 6.85. The summed E-state index contributed by atoms with van der Waals surface area (Å²) in [5.41, 5.74) is 0.311. The Balaban J connectivity index is 1.74. The molecule has 4 nitrogen and oxygen atoms in total.